The summed E-state index contributed by atoms with van der Waals surface area (Å²) in [6.07, 6.45) is 3.81. The maximum absolute atomic E-state index is 5.82. The first kappa shape index (κ1) is 13.5. The van der Waals surface area contributed by atoms with Crippen molar-refractivity contribution < 1.29 is 4.74 Å². The number of nitrogens with zero attached hydrogens (tertiary/aromatic N) is 2. The summed E-state index contributed by atoms with van der Waals surface area (Å²) < 4.78 is 9.57. The lowest BCUT2D eigenvalue weighted by Gasteiger charge is -2.22. The first-order chi connectivity index (χ1) is 8.63. The Hall–Kier alpha value is -0.970. The van der Waals surface area contributed by atoms with Crippen molar-refractivity contribution in [1.29, 1.82) is 0 Å². The minimum atomic E-state index is 0.516. The quantitative estimate of drug-likeness (QED) is 0.916. The second kappa shape index (κ2) is 5.78. The van der Waals surface area contributed by atoms with E-state index in [0.717, 1.165) is 35.7 Å². The fourth-order valence-electron chi connectivity index (χ4n) is 2.67. The number of nitrogen functional groups attached to an aromatic ring is 1. The molecule has 1 aliphatic rings. The minimum absolute atomic E-state index is 0.516. The number of methoxy groups -OCH3 is 1. The Morgan fingerprint density at radius 2 is 2.17 bits per heavy atom. The molecule has 1 unspecified atom stereocenters. The number of aromatic nitrogens is 1. The van der Waals surface area contributed by atoms with E-state index in [1.807, 2.05) is 0 Å². The molecule has 1 aromatic heterocycles. The van der Waals surface area contributed by atoms with E-state index in [1.54, 1.807) is 7.11 Å². The number of rotatable bonds is 3. The summed E-state index contributed by atoms with van der Waals surface area (Å²) in [5.41, 5.74) is 5.82. The first-order valence-electron chi connectivity index (χ1n) is 6.67. The number of nitrogens with two attached hydrogens (primary N) is 1. The van der Waals surface area contributed by atoms with Gasteiger partial charge in [-0.15, -0.1) is 0 Å². The van der Waals surface area contributed by atoms with Gasteiger partial charge in [-0.1, -0.05) is 13.8 Å². The molecule has 2 heterocycles. The van der Waals surface area contributed by atoms with Gasteiger partial charge in [-0.25, -0.2) is 0 Å². The van der Waals surface area contributed by atoms with Crippen LogP contribution < -0.4 is 15.4 Å². The van der Waals surface area contributed by atoms with E-state index in [4.69, 9.17) is 10.5 Å². The van der Waals surface area contributed by atoms with E-state index in [2.05, 4.69) is 23.1 Å². The molecule has 1 atom stereocenters. The highest BCUT2D eigenvalue weighted by molar-refractivity contribution is 7.11. The summed E-state index contributed by atoms with van der Waals surface area (Å²) in [5.74, 6) is 2.88. The highest BCUT2D eigenvalue weighted by atomic mass is 32.1. The molecule has 0 amide bonds. The molecule has 5 heteroatoms. The SMILES string of the molecule is COc1c(N)nsc1N1CCCC(C(C)C)CC1. The smallest absolute Gasteiger partial charge is 0.197 e. The number of hydrogen-bond acceptors (Lipinski definition) is 5. The molecule has 0 radical (unpaired) electrons. The molecule has 0 bridgehead atoms. The molecule has 1 saturated heterocycles. The maximum Gasteiger partial charge on any atom is 0.197 e. The van der Waals surface area contributed by atoms with Crippen molar-refractivity contribution in [1.82, 2.24) is 4.37 Å². The van der Waals surface area contributed by atoms with E-state index in [-0.39, 0.29) is 0 Å². The van der Waals surface area contributed by atoms with Crippen molar-refractivity contribution in [2.75, 3.05) is 30.8 Å². The zero-order valence-corrected chi connectivity index (χ0v) is 12.3. The molecule has 2 rings (SSSR count). The molecule has 2 N–H and O–H groups in total. The molecule has 4 nitrogen and oxygen atoms in total. The van der Waals surface area contributed by atoms with Crippen molar-refractivity contribution in [2.45, 2.75) is 33.1 Å². The van der Waals surface area contributed by atoms with Crippen LogP contribution in [-0.2, 0) is 0 Å². The molecular formula is C13H23N3OS. The number of hydrogen-bond donors (Lipinski definition) is 1. The molecule has 1 aliphatic heterocycles. The van der Waals surface area contributed by atoms with Crippen LogP contribution in [0.3, 0.4) is 0 Å². The van der Waals surface area contributed by atoms with Gasteiger partial charge in [0.05, 0.1) is 7.11 Å². The molecule has 0 aliphatic carbocycles. The fraction of sp³-hybridized carbons (Fsp3) is 0.769. The summed E-state index contributed by atoms with van der Waals surface area (Å²) in [6.45, 7) is 6.82. The van der Waals surface area contributed by atoms with E-state index in [9.17, 15) is 0 Å². The average Bonchev–Trinajstić information content (AvgIpc) is 2.58. The zero-order chi connectivity index (χ0) is 13.1. The second-order valence-electron chi connectivity index (χ2n) is 5.33. The Bertz CT molecular complexity index is 392. The number of ether oxygens (including phenoxy) is 1. The van der Waals surface area contributed by atoms with Crippen LogP contribution in [0.15, 0.2) is 0 Å². The molecule has 0 aromatic carbocycles. The van der Waals surface area contributed by atoms with Gasteiger partial charge in [0, 0.05) is 13.1 Å². The van der Waals surface area contributed by atoms with Gasteiger partial charge in [-0.2, -0.15) is 4.37 Å². The lowest BCUT2D eigenvalue weighted by molar-refractivity contribution is 0.351. The van der Waals surface area contributed by atoms with Gasteiger partial charge in [0.15, 0.2) is 16.6 Å². The van der Waals surface area contributed by atoms with E-state index in [0.29, 0.717) is 5.82 Å². The Labute approximate surface area is 113 Å². The molecular weight excluding hydrogens is 246 g/mol. The van der Waals surface area contributed by atoms with Crippen LogP contribution in [0.25, 0.3) is 0 Å². The molecule has 0 saturated carbocycles. The fourth-order valence-corrected chi connectivity index (χ4v) is 3.51. The van der Waals surface area contributed by atoms with Gasteiger partial charge >= 0.3 is 0 Å². The van der Waals surface area contributed by atoms with E-state index >= 15 is 0 Å². The van der Waals surface area contributed by atoms with Gasteiger partial charge in [-0.3, -0.25) is 0 Å². The maximum atomic E-state index is 5.82. The van der Waals surface area contributed by atoms with Crippen molar-refractivity contribution in [3.8, 4) is 5.75 Å². The molecule has 18 heavy (non-hydrogen) atoms. The van der Waals surface area contributed by atoms with Crippen molar-refractivity contribution >= 4 is 22.4 Å². The lowest BCUT2D eigenvalue weighted by atomic mass is 9.89. The summed E-state index contributed by atoms with van der Waals surface area (Å²) >= 11 is 1.45. The van der Waals surface area contributed by atoms with Crippen molar-refractivity contribution in [2.24, 2.45) is 11.8 Å². The van der Waals surface area contributed by atoms with Crippen LogP contribution in [0.1, 0.15) is 33.1 Å². The van der Waals surface area contributed by atoms with Crippen LogP contribution in [0.4, 0.5) is 10.8 Å². The monoisotopic (exact) mass is 269 g/mol. The van der Waals surface area contributed by atoms with Gasteiger partial charge < -0.3 is 15.4 Å². The molecule has 0 spiro atoms. The summed E-state index contributed by atoms with van der Waals surface area (Å²) in [7, 11) is 1.67. The predicted octanol–water partition coefficient (Wildman–Crippen LogP) is 3.00. The summed E-state index contributed by atoms with van der Waals surface area (Å²) in [6, 6.07) is 0. The van der Waals surface area contributed by atoms with Crippen LogP contribution >= 0.6 is 11.5 Å². The molecule has 1 aromatic rings. The van der Waals surface area contributed by atoms with Gasteiger partial charge in [-0.05, 0) is 42.6 Å². The van der Waals surface area contributed by atoms with Gasteiger partial charge in [0.25, 0.3) is 0 Å². The third kappa shape index (κ3) is 2.71. The van der Waals surface area contributed by atoms with Crippen LogP contribution in [0.2, 0.25) is 0 Å². The van der Waals surface area contributed by atoms with Crippen molar-refractivity contribution in [3.05, 3.63) is 0 Å². The van der Waals surface area contributed by atoms with E-state index < -0.39 is 0 Å². The average molecular weight is 269 g/mol. The Morgan fingerprint density at radius 1 is 1.39 bits per heavy atom. The third-order valence-corrected chi connectivity index (χ3v) is 4.77. The van der Waals surface area contributed by atoms with Crippen LogP contribution in [-0.4, -0.2) is 24.6 Å². The van der Waals surface area contributed by atoms with Crippen molar-refractivity contribution in [3.63, 3.8) is 0 Å². The normalized spacial score (nSPS) is 21.1. The minimum Gasteiger partial charge on any atom is -0.490 e. The highest BCUT2D eigenvalue weighted by Gasteiger charge is 2.23. The van der Waals surface area contributed by atoms with Crippen LogP contribution in [0, 0.1) is 11.8 Å². The number of anilines is 2. The summed E-state index contributed by atoms with van der Waals surface area (Å²) in [4.78, 5) is 2.38. The second-order valence-corrected chi connectivity index (χ2v) is 6.08. The molecule has 102 valence electrons. The predicted molar refractivity (Wildman–Crippen MR) is 77.5 cm³/mol. The topological polar surface area (TPSA) is 51.4 Å². The standard InChI is InChI=1S/C13H23N3OS/c1-9(2)10-5-4-7-16(8-6-10)13-11(17-3)12(14)15-18-13/h9-10H,4-8H2,1-3H3,(H2,14,15). The largest absolute Gasteiger partial charge is 0.490 e. The van der Waals surface area contributed by atoms with Gasteiger partial charge in [0.1, 0.15) is 0 Å². The van der Waals surface area contributed by atoms with Crippen LogP contribution in [0.5, 0.6) is 5.75 Å². The zero-order valence-electron chi connectivity index (χ0n) is 11.5. The van der Waals surface area contributed by atoms with E-state index in [1.165, 1.54) is 30.8 Å². The Balaban J connectivity index is 2.09. The molecule has 1 fully saturated rings. The Morgan fingerprint density at radius 3 is 2.83 bits per heavy atom. The first-order valence-corrected chi connectivity index (χ1v) is 7.45. The third-order valence-electron chi connectivity index (χ3n) is 3.86. The highest BCUT2D eigenvalue weighted by Crippen LogP contribution is 2.39. The summed E-state index contributed by atoms with van der Waals surface area (Å²) in [5, 5.41) is 1.10. The Kier molecular flexibility index (Phi) is 4.32. The lowest BCUT2D eigenvalue weighted by Crippen LogP contribution is -2.24. The van der Waals surface area contributed by atoms with Gasteiger partial charge in [0.2, 0.25) is 0 Å².